The smallest absolute Gasteiger partial charge is 0.227 e. The molecule has 0 unspecified atom stereocenters. The lowest BCUT2D eigenvalue weighted by Gasteiger charge is -2.29. The first-order valence-electron chi connectivity index (χ1n) is 9.19. The molecule has 2 aromatic carbocycles. The van der Waals surface area contributed by atoms with Crippen molar-refractivity contribution >= 4 is 9.84 Å². The zero-order chi connectivity index (χ0) is 19.7. The van der Waals surface area contributed by atoms with Crippen LogP contribution in [0.2, 0.25) is 0 Å². The van der Waals surface area contributed by atoms with E-state index in [4.69, 9.17) is 0 Å². The van der Waals surface area contributed by atoms with Crippen molar-refractivity contribution in [2.45, 2.75) is 31.2 Å². The first-order chi connectivity index (χ1) is 13.4. The molecule has 0 amide bonds. The monoisotopic (exact) mass is 399 g/mol. The fraction of sp³-hybridized carbons (Fsp3) is 0.286. The highest BCUT2D eigenvalue weighted by atomic mass is 32.2. The van der Waals surface area contributed by atoms with Gasteiger partial charge in [0.25, 0.3) is 0 Å². The molecule has 28 heavy (non-hydrogen) atoms. The van der Waals surface area contributed by atoms with Crippen LogP contribution in [0.4, 0.5) is 4.39 Å². The van der Waals surface area contributed by atoms with Gasteiger partial charge in [-0.25, -0.2) is 17.8 Å². The van der Waals surface area contributed by atoms with Crippen LogP contribution in [0.5, 0.6) is 0 Å². The average molecular weight is 399 g/mol. The highest BCUT2D eigenvalue weighted by molar-refractivity contribution is 7.90. The Hall–Kier alpha value is -2.51. The van der Waals surface area contributed by atoms with E-state index in [1.807, 2.05) is 6.07 Å². The normalized spacial score (nSPS) is 14.8. The summed E-state index contributed by atoms with van der Waals surface area (Å²) in [5, 5.41) is -0.0248. The van der Waals surface area contributed by atoms with E-state index in [-0.39, 0.29) is 17.5 Å². The number of sulfone groups is 1. The van der Waals surface area contributed by atoms with E-state index in [2.05, 4.69) is 28.1 Å². The van der Waals surface area contributed by atoms with Gasteiger partial charge in [0, 0.05) is 31.5 Å². The van der Waals surface area contributed by atoms with Crippen molar-refractivity contribution in [1.82, 2.24) is 14.5 Å². The summed E-state index contributed by atoms with van der Waals surface area (Å²) in [6.45, 7) is 2.38. The van der Waals surface area contributed by atoms with Crippen molar-refractivity contribution in [1.29, 1.82) is 0 Å². The lowest BCUT2D eigenvalue weighted by atomic mass is 10.00. The van der Waals surface area contributed by atoms with Gasteiger partial charge in [0.05, 0.1) is 18.4 Å². The Balaban J connectivity index is 1.64. The number of hydrogen-bond donors (Lipinski definition) is 0. The van der Waals surface area contributed by atoms with Crippen molar-refractivity contribution in [3.8, 4) is 0 Å². The number of halogens is 1. The van der Waals surface area contributed by atoms with Crippen molar-refractivity contribution in [2.24, 2.45) is 0 Å². The molecule has 7 heteroatoms. The van der Waals surface area contributed by atoms with Crippen LogP contribution in [0.3, 0.4) is 0 Å². The van der Waals surface area contributed by atoms with Crippen LogP contribution in [0.25, 0.3) is 0 Å². The van der Waals surface area contributed by atoms with E-state index in [0.29, 0.717) is 12.1 Å². The third-order valence-electron chi connectivity index (χ3n) is 5.11. The molecular weight excluding hydrogens is 377 g/mol. The third-order valence-corrected chi connectivity index (χ3v) is 6.10. The molecule has 146 valence electrons. The Morgan fingerprint density at radius 1 is 1.04 bits per heavy atom. The van der Waals surface area contributed by atoms with Gasteiger partial charge < -0.3 is 4.57 Å². The summed E-state index contributed by atoms with van der Waals surface area (Å²) >= 11 is 0. The van der Waals surface area contributed by atoms with Gasteiger partial charge in [0.15, 0.2) is 0 Å². The molecule has 1 aliphatic rings. The van der Waals surface area contributed by atoms with Crippen molar-refractivity contribution < 1.29 is 12.8 Å². The van der Waals surface area contributed by atoms with E-state index in [1.54, 1.807) is 29.0 Å². The van der Waals surface area contributed by atoms with Gasteiger partial charge in [-0.05, 0) is 23.6 Å². The molecular formula is C21H22FN3O2S. The standard InChI is InChI=1S/C21H22FN3O2S/c1-28(26,27)21-23-12-19(25(21)14-18-8-4-5-9-20(18)22)15-24-11-10-16-6-2-3-7-17(16)13-24/h2-9,12H,10-11,13-15H2,1H3. The molecule has 3 aromatic rings. The number of aromatic nitrogens is 2. The molecule has 2 heterocycles. The highest BCUT2D eigenvalue weighted by Crippen LogP contribution is 2.22. The first-order valence-corrected chi connectivity index (χ1v) is 11.1. The van der Waals surface area contributed by atoms with E-state index >= 15 is 0 Å². The number of rotatable bonds is 5. The maximum absolute atomic E-state index is 14.2. The SMILES string of the molecule is CS(=O)(=O)c1ncc(CN2CCc3ccccc3C2)n1Cc1ccccc1F. The molecule has 0 fully saturated rings. The minimum atomic E-state index is -3.52. The van der Waals surface area contributed by atoms with Crippen molar-refractivity contribution in [3.63, 3.8) is 0 Å². The Bertz CT molecular complexity index is 1110. The van der Waals surface area contributed by atoms with Gasteiger partial charge in [0.2, 0.25) is 15.0 Å². The Morgan fingerprint density at radius 2 is 1.75 bits per heavy atom. The van der Waals surface area contributed by atoms with Gasteiger partial charge in [0.1, 0.15) is 5.82 Å². The van der Waals surface area contributed by atoms with Crippen LogP contribution in [-0.2, 0) is 35.9 Å². The fourth-order valence-corrected chi connectivity index (χ4v) is 4.52. The van der Waals surface area contributed by atoms with Crippen molar-refractivity contribution in [2.75, 3.05) is 12.8 Å². The van der Waals surface area contributed by atoms with Gasteiger partial charge in [-0.2, -0.15) is 0 Å². The van der Waals surface area contributed by atoms with E-state index in [1.165, 1.54) is 17.2 Å². The molecule has 4 rings (SSSR count). The quantitative estimate of drug-likeness (QED) is 0.662. The molecule has 0 saturated heterocycles. The van der Waals surface area contributed by atoms with Gasteiger partial charge in [-0.1, -0.05) is 42.5 Å². The Labute approximate surface area is 164 Å². The molecule has 5 nitrogen and oxygen atoms in total. The van der Waals surface area contributed by atoms with Crippen LogP contribution in [0.1, 0.15) is 22.4 Å². The molecule has 1 aromatic heterocycles. The van der Waals surface area contributed by atoms with Gasteiger partial charge >= 0.3 is 0 Å². The lowest BCUT2D eigenvalue weighted by Crippen LogP contribution is -2.31. The molecule has 0 saturated carbocycles. The molecule has 0 aliphatic carbocycles. The summed E-state index contributed by atoms with van der Waals surface area (Å²) in [6.07, 6.45) is 3.68. The number of fused-ring (bicyclic) bond motifs is 1. The summed E-state index contributed by atoms with van der Waals surface area (Å²) < 4.78 is 40.2. The largest absolute Gasteiger partial charge is 0.313 e. The number of hydrogen-bond acceptors (Lipinski definition) is 4. The summed E-state index contributed by atoms with van der Waals surface area (Å²) in [7, 11) is -3.52. The zero-order valence-corrected chi connectivity index (χ0v) is 16.5. The number of nitrogens with zero attached hydrogens (tertiary/aromatic N) is 3. The predicted molar refractivity (Wildman–Crippen MR) is 105 cm³/mol. The maximum atomic E-state index is 14.2. The highest BCUT2D eigenvalue weighted by Gasteiger charge is 2.23. The van der Waals surface area contributed by atoms with Crippen LogP contribution >= 0.6 is 0 Å². The molecule has 1 aliphatic heterocycles. The predicted octanol–water partition coefficient (Wildman–Crippen LogP) is 3.03. The minimum absolute atomic E-state index is 0.0248. The Kier molecular flexibility index (Phi) is 5.03. The zero-order valence-electron chi connectivity index (χ0n) is 15.7. The Morgan fingerprint density at radius 3 is 2.50 bits per heavy atom. The van der Waals surface area contributed by atoms with Crippen LogP contribution in [-0.4, -0.2) is 35.7 Å². The molecule has 0 bridgehead atoms. The fourth-order valence-electron chi connectivity index (χ4n) is 3.70. The maximum Gasteiger partial charge on any atom is 0.227 e. The first kappa shape index (κ1) is 18.8. The summed E-state index contributed by atoms with van der Waals surface area (Å²) in [5.74, 6) is -0.353. The molecule has 0 atom stereocenters. The van der Waals surface area contributed by atoms with E-state index < -0.39 is 9.84 Å². The summed E-state index contributed by atoms with van der Waals surface area (Å²) in [5.41, 5.74) is 3.85. The van der Waals surface area contributed by atoms with Crippen LogP contribution in [0.15, 0.2) is 59.9 Å². The second-order valence-electron chi connectivity index (χ2n) is 7.21. The van der Waals surface area contributed by atoms with Crippen LogP contribution < -0.4 is 0 Å². The third kappa shape index (κ3) is 3.86. The van der Waals surface area contributed by atoms with E-state index in [9.17, 15) is 12.8 Å². The van der Waals surface area contributed by atoms with Crippen LogP contribution in [0, 0.1) is 5.82 Å². The second kappa shape index (κ2) is 7.48. The number of imidazole rings is 1. The van der Waals surface area contributed by atoms with Gasteiger partial charge in [-0.15, -0.1) is 0 Å². The topological polar surface area (TPSA) is 55.2 Å². The van der Waals surface area contributed by atoms with Crippen molar-refractivity contribution in [3.05, 3.63) is 82.9 Å². The molecule has 0 N–H and O–H groups in total. The average Bonchev–Trinajstić information content (AvgIpc) is 3.06. The summed E-state index contributed by atoms with van der Waals surface area (Å²) in [4.78, 5) is 6.42. The number of benzene rings is 2. The molecule has 0 radical (unpaired) electrons. The van der Waals surface area contributed by atoms with Gasteiger partial charge in [-0.3, -0.25) is 4.90 Å². The second-order valence-corrected chi connectivity index (χ2v) is 9.12. The summed E-state index contributed by atoms with van der Waals surface area (Å²) in [6, 6.07) is 14.8. The minimum Gasteiger partial charge on any atom is -0.313 e. The van der Waals surface area contributed by atoms with E-state index in [0.717, 1.165) is 31.5 Å². The lowest BCUT2D eigenvalue weighted by molar-refractivity contribution is 0.239. The molecule has 0 spiro atoms.